The molecule has 0 saturated carbocycles. The molecule has 1 unspecified atom stereocenters. The van der Waals surface area contributed by atoms with Crippen molar-refractivity contribution in [2.24, 2.45) is 0 Å². The summed E-state index contributed by atoms with van der Waals surface area (Å²) in [5, 5.41) is 3.71. The highest BCUT2D eigenvalue weighted by Gasteiger charge is 2.30. The summed E-state index contributed by atoms with van der Waals surface area (Å²) in [5.41, 5.74) is 2.97. The lowest BCUT2D eigenvalue weighted by molar-refractivity contribution is -0.116. The molecule has 7 heteroatoms. The van der Waals surface area contributed by atoms with E-state index in [1.54, 1.807) is 19.5 Å². The van der Waals surface area contributed by atoms with Gasteiger partial charge in [0.15, 0.2) is 5.82 Å². The Bertz CT molecular complexity index is 638. The number of carbonyl (C=O) groups excluding carboxylic acids is 1. The lowest BCUT2D eigenvalue weighted by Gasteiger charge is -2.22. The number of hydrogen-bond donors (Lipinski definition) is 1. The number of rotatable bonds is 3. The second-order valence-corrected chi connectivity index (χ2v) is 5.45. The van der Waals surface area contributed by atoms with Gasteiger partial charge in [-0.15, -0.1) is 0 Å². The number of ether oxygens (including phenoxy) is 1. The van der Waals surface area contributed by atoms with Gasteiger partial charge in [-0.3, -0.25) is 4.79 Å². The smallest absolute Gasteiger partial charge is 0.225 e. The molecule has 1 N–H and O–H groups in total. The maximum Gasteiger partial charge on any atom is 0.225 e. The van der Waals surface area contributed by atoms with Crippen molar-refractivity contribution in [1.82, 2.24) is 14.3 Å². The number of amides is 1. The van der Waals surface area contributed by atoms with Gasteiger partial charge in [-0.1, -0.05) is 0 Å². The summed E-state index contributed by atoms with van der Waals surface area (Å²) in [5.74, 6) is 0.623. The molecule has 2 aromatic heterocycles. The van der Waals surface area contributed by atoms with Gasteiger partial charge >= 0.3 is 0 Å². The molecule has 0 bridgehead atoms. The van der Waals surface area contributed by atoms with Gasteiger partial charge in [0.1, 0.15) is 11.6 Å². The van der Waals surface area contributed by atoms with Gasteiger partial charge in [0.2, 0.25) is 5.91 Å². The van der Waals surface area contributed by atoms with E-state index in [4.69, 9.17) is 4.74 Å². The Hall–Kier alpha value is -1.86. The van der Waals surface area contributed by atoms with Crippen LogP contribution >= 0.6 is 11.5 Å². The summed E-state index contributed by atoms with van der Waals surface area (Å²) in [4.78, 5) is 20.3. The second kappa shape index (κ2) is 5.26. The van der Waals surface area contributed by atoms with E-state index in [2.05, 4.69) is 19.7 Å². The highest BCUT2D eigenvalue weighted by molar-refractivity contribution is 7.10. The molecule has 104 valence electrons. The molecular formula is C13H14N4O2S. The predicted molar refractivity (Wildman–Crippen MR) is 74.7 cm³/mol. The van der Waals surface area contributed by atoms with Crippen LogP contribution in [-0.4, -0.2) is 27.4 Å². The third-order valence-corrected chi connectivity index (χ3v) is 4.17. The summed E-state index contributed by atoms with van der Waals surface area (Å²) < 4.78 is 9.32. The number of nitrogens with one attached hydrogen (secondary N) is 1. The summed E-state index contributed by atoms with van der Waals surface area (Å²) in [6.45, 7) is 2.34. The maximum atomic E-state index is 11.8. The van der Waals surface area contributed by atoms with E-state index in [0.717, 1.165) is 21.8 Å². The van der Waals surface area contributed by atoms with E-state index < -0.39 is 0 Å². The van der Waals surface area contributed by atoms with Crippen molar-refractivity contribution < 1.29 is 9.53 Å². The fourth-order valence-corrected chi connectivity index (χ4v) is 3.25. The van der Waals surface area contributed by atoms with Crippen molar-refractivity contribution in [3.05, 3.63) is 35.0 Å². The maximum absolute atomic E-state index is 11.8. The second-order valence-electron chi connectivity index (χ2n) is 4.68. The van der Waals surface area contributed by atoms with Crippen LogP contribution in [0.4, 0.5) is 5.00 Å². The Morgan fingerprint density at radius 1 is 1.45 bits per heavy atom. The van der Waals surface area contributed by atoms with Crippen LogP contribution in [-0.2, 0) is 16.1 Å². The number of carbonyl (C=O) groups is 1. The van der Waals surface area contributed by atoms with Crippen molar-refractivity contribution in [2.75, 3.05) is 12.4 Å². The minimum Gasteiger partial charge on any atom is -0.377 e. The number of anilines is 1. The van der Waals surface area contributed by atoms with Crippen LogP contribution in [0.25, 0.3) is 0 Å². The topological polar surface area (TPSA) is 77.0 Å². The number of nitrogens with zero attached hydrogens (tertiary/aromatic N) is 3. The molecule has 0 radical (unpaired) electrons. The van der Waals surface area contributed by atoms with E-state index in [-0.39, 0.29) is 11.8 Å². The first-order valence-corrected chi connectivity index (χ1v) is 7.02. The molecule has 3 heterocycles. The van der Waals surface area contributed by atoms with Crippen LogP contribution in [0.15, 0.2) is 12.4 Å². The number of methoxy groups -OCH3 is 1. The average molecular weight is 290 g/mol. The third-order valence-electron chi connectivity index (χ3n) is 3.30. The predicted octanol–water partition coefficient (Wildman–Crippen LogP) is 1.86. The van der Waals surface area contributed by atoms with Crippen LogP contribution in [0.1, 0.15) is 35.0 Å². The van der Waals surface area contributed by atoms with Crippen LogP contribution in [0.5, 0.6) is 0 Å². The van der Waals surface area contributed by atoms with Gasteiger partial charge < -0.3 is 10.1 Å². The first kappa shape index (κ1) is 13.1. The minimum atomic E-state index is -0.0194. The molecule has 20 heavy (non-hydrogen) atoms. The summed E-state index contributed by atoms with van der Waals surface area (Å²) >= 11 is 1.32. The first-order valence-electron chi connectivity index (χ1n) is 6.25. The van der Waals surface area contributed by atoms with Gasteiger partial charge in [-0.2, -0.15) is 4.37 Å². The Morgan fingerprint density at radius 2 is 2.20 bits per heavy atom. The molecular weight excluding hydrogens is 276 g/mol. The van der Waals surface area contributed by atoms with E-state index in [1.165, 1.54) is 11.5 Å². The molecule has 1 amide bonds. The SMILES string of the molecule is COCc1ncc(C2CC(=O)Nc3snc(C)c32)cn1. The Balaban J connectivity index is 1.97. The number of hydrogen-bond acceptors (Lipinski definition) is 6. The van der Waals surface area contributed by atoms with Gasteiger partial charge in [0.25, 0.3) is 0 Å². The number of aryl methyl sites for hydroxylation is 1. The van der Waals surface area contributed by atoms with E-state index in [0.29, 0.717) is 18.9 Å². The molecule has 0 aromatic carbocycles. The third kappa shape index (κ3) is 2.30. The van der Waals surface area contributed by atoms with E-state index in [1.807, 2.05) is 6.92 Å². The van der Waals surface area contributed by atoms with E-state index in [9.17, 15) is 4.79 Å². The largest absolute Gasteiger partial charge is 0.377 e. The van der Waals surface area contributed by atoms with Crippen molar-refractivity contribution in [3.63, 3.8) is 0 Å². The zero-order valence-corrected chi connectivity index (χ0v) is 12.0. The van der Waals surface area contributed by atoms with Gasteiger partial charge in [0, 0.05) is 37.4 Å². The summed E-state index contributed by atoms with van der Waals surface area (Å²) in [6.07, 6.45) is 3.94. The fraction of sp³-hybridized carbons (Fsp3) is 0.385. The fourth-order valence-electron chi connectivity index (χ4n) is 2.38. The normalized spacial score (nSPS) is 17.7. The number of fused-ring (bicyclic) bond motifs is 1. The number of aromatic nitrogens is 3. The van der Waals surface area contributed by atoms with Crippen molar-refractivity contribution in [2.45, 2.75) is 25.9 Å². The Morgan fingerprint density at radius 3 is 2.90 bits per heavy atom. The van der Waals surface area contributed by atoms with Gasteiger partial charge in [-0.25, -0.2) is 9.97 Å². The molecule has 1 aliphatic heterocycles. The minimum absolute atomic E-state index is 0.00659. The average Bonchev–Trinajstić information content (AvgIpc) is 2.81. The molecule has 0 fully saturated rings. The van der Waals surface area contributed by atoms with Crippen molar-refractivity contribution >= 4 is 22.4 Å². The van der Waals surface area contributed by atoms with Gasteiger partial charge in [0.05, 0.1) is 5.69 Å². The quantitative estimate of drug-likeness (QED) is 0.933. The molecule has 1 atom stereocenters. The van der Waals surface area contributed by atoms with Crippen molar-refractivity contribution in [3.8, 4) is 0 Å². The zero-order valence-electron chi connectivity index (χ0n) is 11.2. The molecule has 3 rings (SSSR count). The zero-order chi connectivity index (χ0) is 14.1. The highest BCUT2D eigenvalue weighted by Crippen LogP contribution is 2.40. The van der Waals surface area contributed by atoms with Crippen LogP contribution in [0, 0.1) is 6.92 Å². The van der Waals surface area contributed by atoms with E-state index >= 15 is 0 Å². The standard InChI is InChI=1S/C13H14N4O2S/c1-7-12-9(3-11(18)16-13(12)20-17-7)8-4-14-10(6-19-2)15-5-8/h4-5,9H,3,6H2,1-2H3,(H,16,18). The Kier molecular flexibility index (Phi) is 3.45. The van der Waals surface area contributed by atoms with Gasteiger partial charge in [-0.05, 0) is 24.0 Å². The lowest BCUT2D eigenvalue weighted by atomic mass is 9.88. The first-order chi connectivity index (χ1) is 9.69. The molecule has 2 aromatic rings. The lowest BCUT2D eigenvalue weighted by Crippen LogP contribution is -2.23. The molecule has 6 nitrogen and oxygen atoms in total. The van der Waals surface area contributed by atoms with Crippen molar-refractivity contribution in [1.29, 1.82) is 0 Å². The molecule has 0 saturated heterocycles. The Labute approximate surface area is 120 Å². The van der Waals surface area contributed by atoms with Crippen LogP contribution in [0.2, 0.25) is 0 Å². The summed E-state index contributed by atoms with van der Waals surface area (Å²) in [6, 6.07) is 0. The molecule has 0 spiro atoms. The van der Waals surface area contributed by atoms with Crippen LogP contribution < -0.4 is 5.32 Å². The molecule has 1 aliphatic rings. The monoisotopic (exact) mass is 290 g/mol. The summed E-state index contributed by atoms with van der Waals surface area (Å²) in [7, 11) is 1.61. The molecule has 0 aliphatic carbocycles. The van der Waals surface area contributed by atoms with Crippen LogP contribution in [0.3, 0.4) is 0 Å². The highest BCUT2D eigenvalue weighted by atomic mass is 32.1.